The van der Waals surface area contributed by atoms with Crippen molar-refractivity contribution in [1.29, 1.82) is 0 Å². The highest BCUT2D eigenvalue weighted by Gasteiger charge is 2.23. The lowest BCUT2D eigenvalue weighted by Gasteiger charge is -2.16. The largest absolute Gasteiger partial charge is 0.309 e. The van der Waals surface area contributed by atoms with Crippen LogP contribution in [0.2, 0.25) is 0 Å². The number of aryl methyl sites for hydroxylation is 1. The van der Waals surface area contributed by atoms with Crippen molar-refractivity contribution in [3.05, 3.63) is 59.5 Å². The van der Waals surface area contributed by atoms with Crippen LogP contribution >= 0.6 is 0 Å². The van der Waals surface area contributed by atoms with Crippen molar-refractivity contribution in [2.75, 3.05) is 0 Å². The fourth-order valence-electron chi connectivity index (χ4n) is 3.63. The van der Waals surface area contributed by atoms with Gasteiger partial charge in [-0.15, -0.1) is 0 Å². The summed E-state index contributed by atoms with van der Waals surface area (Å²) in [6.45, 7) is 2.18. The molecule has 0 N–H and O–H groups in total. The summed E-state index contributed by atoms with van der Waals surface area (Å²) < 4.78 is 2.41. The predicted octanol–water partition coefficient (Wildman–Crippen LogP) is 4.45. The molecule has 0 saturated heterocycles. The molecule has 0 atom stereocenters. The van der Waals surface area contributed by atoms with Gasteiger partial charge in [0, 0.05) is 18.7 Å². The Kier molecular flexibility index (Phi) is 3.41. The highest BCUT2D eigenvalue weighted by molar-refractivity contribution is 5.71. The topological polar surface area (TPSA) is 30.7 Å². The molecule has 1 aliphatic carbocycles. The van der Waals surface area contributed by atoms with Gasteiger partial charge in [-0.25, -0.2) is 9.97 Å². The van der Waals surface area contributed by atoms with E-state index in [9.17, 15) is 0 Å². The Morgan fingerprint density at radius 1 is 1.09 bits per heavy atom. The van der Waals surface area contributed by atoms with Crippen molar-refractivity contribution in [3.8, 4) is 0 Å². The van der Waals surface area contributed by atoms with Gasteiger partial charge in [-0.05, 0) is 43.0 Å². The molecular weight excluding hydrogens is 270 g/mol. The van der Waals surface area contributed by atoms with E-state index < -0.39 is 0 Å². The number of rotatable bonds is 3. The number of pyridine rings is 1. The lowest BCUT2D eigenvalue weighted by Crippen LogP contribution is -2.10. The van der Waals surface area contributed by atoms with Gasteiger partial charge in [-0.2, -0.15) is 0 Å². The smallest absolute Gasteiger partial charge is 0.160 e. The third-order valence-electron chi connectivity index (χ3n) is 4.82. The molecule has 112 valence electrons. The Bertz CT molecular complexity index is 797. The maximum absolute atomic E-state index is 4.89. The summed E-state index contributed by atoms with van der Waals surface area (Å²) >= 11 is 0. The van der Waals surface area contributed by atoms with Gasteiger partial charge < -0.3 is 4.57 Å². The minimum atomic E-state index is 0.568. The Morgan fingerprint density at radius 3 is 2.73 bits per heavy atom. The van der Waals surface area contributed by atoms with Crippen LogP contribution in [0.1, 0.15) is 48.7 Å². The maximum Gasteiger partial charge on any atom is 0.160 e. The van der Waals surface area contributed by atoms with Crippen LogP contribution in [0.3, 0.4) is 0 Å². The summed E-state index contributed by atoms with van der Waals surface area (Å²) in [6, 6.07) is 13.2. The number of hydrogen-bond donors (Lipinski definition) is 0. The first kappa shape index (κ1) is 13.5. The predicted molar refractivity (Wildman–Crippen MR) is 89.0 cm³/mol. The van der Waals surface area contributed by atoms with Crippen LogP contribution in [0, 0.1) is 6.92 Å². The molecular formula is C19H21N3. The minimum absolute atomic E-state index is 0.568. The summed E-state index contributed by atoms with van der Waals surface area (Å²) in [7, 11) is 0. The molecule has 3 heteroatoms. The molecule has 2 heterocycles. The Morgan fingerprint density at radius 2 is 1.91 bits per heavy atom. The summed E-state index contributed by atoms with van der Waals surface area (Å²) in [5.41, 5.74) is 4.77. The van der Waals surface area contributed by atoms with Crippen LogP contribution < -0.4 is 0 Å². The number of hydrogen-bond acceptors (Lipinski definition) is 2. The standard InChI is InChI=1S/C19H21N3/c1-14-7-2-3-8-15(14)13-18-21-17-11-6-12-20-19(17)22(18)16-9-4-5-10-16/h2-3,6-8,11-12,16H,4-5,9-10,13H2,1H3. The quantitative estimate of drug-likeness (QED) is 0.714. The molecule has 3 aromatic rings. The monoisotopic (exact) mass is 291 g/mol. The van der Waals surface area contributed by atoms with E-state index in [0.717, 1.165) is 23.4 Å². The Labute approximate surface area is 131 Å². The third kappa shape index (κ3) is 2.31. The summed E-state index contributed by atoms with van der Waals surface area (Å²) in [4.78, 5) is 9.51. The summed E-state index contributed by atoms with van der Waals surface area (Å²) in [5, 5.41) is 0. The first-order valence-corrected chi connectivity index (χ1v) is 8.19. The van der Waals surface area contributed by atoms with E-state index in [4.69, 9.17) is 4.98 Å². The van der Waals surface area contributed by atoms with Crippen molar-refractivity contribution in [3.63, 3.8) is 0 Å². The normalized spacial score (nSPS) is 15.7. The first-order chi connectivity index (χ1) is 10.8. The fraction of sp³-hybridized carbons (Fsp3) is 0.368. The van der Waals surface area contributed by atoms with E-state index in [1.54, 1.807) is 0 Å². The maximum atomic E-state index is 4.89. The minimum Gasteiger partial charge on any atom is -0.309 e. The molecule has 4 rings (SSSR count). The highest BCUT2D eigenvalue weighted by atomic mass is 15.2. The van der Waals surface area contributed by atoms with Crippen molar-refractivity contribution < 1.29 is 0 Å². The molecule has 0 amide bonds. The van der Waals surface area contributed by atoms with Crippen LogP contribution in [0.15, 0.2) is 42.6 Å². The molecule has 1 fully saturated rings. The van der Waals surface area contributed by atoms with Gasteiger partial charge in [0.25, 0.3) is 0 Å². The zero-order valence-electron chi connectivity index (χ0n) is 13.0. The zero-order chi connectivity index (χ0) is 14.9. The van der Waals surface area contributed by atoms with Gasteiger partial charge in [0.15, 0.2) is 5.65 Å². The van der Waals surface area contributed by atoms with E-state index >= 15 is 0 Å². The summed E-state index contributed by atoms with van der Waals surface area (Å²) in [5.74, 6) is 1.16. The van der Waals surface area contributed by atoms with Gasteiger partial charge in [-0.1, -0.05) is 37.1 Å². The summed E-state index contributed by atoms with van der Waals surface area (Å²) in [6.07, 6.45) is 7.92. The molecule has 0 aliphatic heterocycles. The van der Waals surface area contributed by atoms with Gasteiger partial charge in [0.2, 0.25) is 0 Å². The molecule has 0 radical (unpaired) electrons. The fourth-order valence-corrected chi connectivity index (χ4v) is 3.63. The van der Waals surface area contributed by atoms with E-state index in [2.05, 4.69) is 46.8 Å². The van der Waals surface area contributed by atoms with Gasteiger partial charge in [-0.3, -0.25) is 0 Å². The molecule has 22 heavy (non-hydrogen) atoms. The van der Waals surface area contributed by atoms with Crippen molar-refractivity contribution in [1.82, 2.24) is 14.5 Å². The van der Waals surface area contributed by atoms with Crippen molar-refractivity contribution >= 4 is 11.2 Å². The first-order valence-electron chi connectivity index (χ1n) is 8.19. The molecule has 0 spiro atoms. The Hall–Kier alpha value is -2.16. The molecule has 1 aliphatic rings. The van der Waals surface area contributed by atoms with Crippen LogP contribution in [0.4, 0.5) is 0 Å². The second kappa shape index (κ2) is 5.56. The van der Waals surface area contributed by atoms with E-state index in [1.807, 2.05) is 12.3 Å². The van der Waals surface area contributed by atoms with E-state index in [1.165, 1.54) is 36.8 Å². The molecule has 0 unspecified atom stereocenters. The number of nitrogens with zero attached hydrogens (tertiary/aromatic N) is 3. The number of imidazole rings is 1. The van der Waals surface area contributed by atoms with Crippen LogP contribution in [0.5, 0.6) is 0 Å². The van der Waals surface area contributed by atoms with Crippen LogP contribution in [-0.2, 0) is 6.42 Å². The highest BCUT2D eigenvalue weighted by Crippen LogP contribution is 2.33. The van der Waals surface area contributed by atoms with Gasteiger partial charge in [0.05, 0.1) is 0 Å². The van der Waals surface area contributed by atoms with Crippen molar-refractivity contribution in [2.45, 2.75) is 45.1 Å². The molecule has 2 aromatic heterocycles. The molecule has 3 nitrogen and oxygen atoms in total. The van der Waals surface area contributed by atoms with Crippen LogP contribution in [-0.4, -0.2) is 14.5 Å². The van der Waals surface area contributed by atoms with E-state index in [0.29, 0.717) is 6.04 Å². The molecule has 1 saturated carbocycles. The van der Waals surface area contributed by atoms with Crippen LogP contribution in [0.25, 0.3) is 11.2 Å². The van der Waals surface area contributed by atoms with E-state index in [-0.39, 0.29) is 0 Å². The average Bonchev–Trinajstić information content (AvgIpc) is 3.16. The molecule has 1 aromatic carbocycles. The Balaban J connectivity index is 1.82. The lowest BCUT2D eigenvalue weighted by molar-refractivity contribution is 0.511. The number of benzene rings is 1. The lowest BCUT2D eigenvalue weighted by atomic mass is 10.1. The second-order valence-electron chi connectivity index (χ2n) is 6.29. The number of aromatic nitrogens is 3. The SMILES string of the molecule is Cc1ccccc1Cc1nc2cccnc2n1C1CCCC1. The second-order valence-corrected chi connectivity index (χ2v) is 6.29. The third-order valence-corrected chi connectivity index (χ3v) is 4.82. The van der Waals surface area contributed by atoms with Gasteiger partial charge in [0.1, 0.15) is 11.3 Å². The molecule has 0 bridgehead atoms. The number of fused-ring (bicyclic) bond motifs is 1. The van der Waals surface area contributed by atoms with Gasteiger partial charge >= 0.3 is 0 Å². The zero-order valence-corrected chi connectivity index (χ0v) is 13.0. The average molecular weight is 291 g/mol. The van der Waals surface area contributed by atoms with Crippen molar-refractivity contribution in [2.24, 2.45) is 0 Å².